The monoisotopic (exact) mass is 219 g/mol. The fraction of sp³-hybridized carbons (Fsp3) is 0.500. The second-order valence-electron chi connectivity index (χ2n) is 4.33. The molecule has 4 heteroatoms. The molecule has 3 N–H and O–H groups in total. The lowest BCUT2D eigenvalue weighted by Gasteiger charge is -2.06. The molecule has 1 amide bonds. The van der Waals surface area contributed by atoms with Gasteiger partial charge < -0.3 is 11.1 Å². The number of amides is 1. The standard InChI is InChI=1S/C12H17N3O/c1-2-3-8-6-11(8)15-12(16)9-4-5-14-7-10(9)13/h4-5,7-8,11H,2-3,6,13H2,1H3,(H,15,16). The maximum absolute atomic E-state index is 11.8. The van der Waals surface area contributed by atoms with E-state index in [9.17, 15) is 4.79 Å². The van der Waals surface area contributed by atoms with Crippen LogP contribution in [0, 0.1) is 5.92 Å². The van der Waals surface area contributed by atoms with Crippen LogP contribution >= 0.6 is 0 Å². The Labute approximate surface area is 95.3 Å². The number of carbonyl (C=O) groups is 1. The number of hydrogen-bond acceptors (Lipinski definition) is 3. The van der Waals surface area contributed by atoms with Crippen molar-refractivity contribution >= 4 is 11.6 Å². The van der Waals surface area contributed by atoms with E-state index in [0.717, 1.165) is 6.42 Å². The highest BCUT2D eigenvalue weighted by molar-refractivity contribution is 5.99. The molecule has 0 bridgehead atoms. The van der Waals surface area contributed by atoms with Crippen LogP contribution in [-0.2, 0) is 0 Å². The van der Waals surface area contributed by atoms with E-state index in [1.54, 1.807) is 12.3 Å². The Bertz CT molecular complexity index is 392. The van der Waals surface area contributed by atoms with Gasteiger partial charge in [0.25, 0.3) is 5.91 Å². The van der Waals surface area contributed by atoms with Gasteiger partial charge in [-0.25, -0.2) is 0 Å². The number of hydrogen-bond donors (Lipinski definition) is 2. The van der Waals surface area contributed by atoms with Gasteiger partial charge >= 0.3 is 0 Å². The predicted molar refractivity (Wildman–Crippen MR) is 62.9 cm³/mol. The topological polar surface area (TPSA) is 68.0 Å². The number of pyridine rings is 1. The van der Waals surface area contributed by atoms with Gasteiger partial charge in [0.2, 0.25) is 0 Å². The van der Waals surface area contributed by atoms with Crippen molar-refractivity contribution in [3.8, 4) is 0 Å². The molecule has 0 saturated heterocycles. The van der Waals surface area contributed by atoms with Gasteiger partial charge in [0.15, 0.2) is 0 Å². The number of nitrogens with one attached hydrogen (secondary N) is 1. The van der Waals surface area contributed by atoms with E-state index in [4.69, 9.17) is 5.73 Å². The minimum atomic E-state index is -0.0801. The quantitative estimate of drug-likeness (QED) is 0.808. The van der Waals surface area contributed by atoms with Crippen LogP contribution in [0.1, 0.15) is 36.5 Å². The number of aromatic nitrogens is 1. The van der Waals surface area contributed by atoms with Gasteiger partial charge in [-0.2, -0.15) is 0 Å². The average molecular weight is 219 g/mol. The maximum atomic E-state index is 11.8. The number of anilines is 1. The lowest BCUT2D eigenvalue weighted by atomic mass is 10.2. The second-order valence-corrected chi connectivity index (χ2v) is 4.33. The number of rotatable bonds is 4. The first-order chi connectivity index (χ1) is 7.72. The van der Waals surface area contributed by atoms with Crippen LogP contribution in [0.15, 0.2) is 18.5 Å². The summed E-state index contributed by atoms with van der Waals surface area (Å²) in [6.07, 6.45) is 6.56. The highest BCUT2D eigenvalue weighted by Crippen LogP contribution is 2.34. The van der Waals surface area contributed by atoms with Gasteiger partial charge in [-0.1, -0.05) is 13.3 Å². The van der Waals surface area contributed by atoms with E-state index < -0.39 is 0 Å². The van der Waals surface area contributed by atoms with Crippen LogP contribution in [0.5, 0.6) is 0 Å². The lowest BCUT2D eigenvalue weighted by Crippen LogP contribution is -2.27. The van der Waals surface area contributed by atoms with Crippen molar-refractivity contribution in [2.24, 2.45) is 5.92 Å². The molecule has 1 aromatic heterocycles. The summed E-state index contributed by atoms with van der Waals surface area (Å²) >= 11 is 0. The molecule has 1 fully saturated rings. The fourth-order valence-corrected chi connectivity index (χ4v) is 1.97. The molecule has 1 saturated carbocycles. The first-order valence-corrected chi connectivity index (χ1v) is 5.72. The summed E-state index contributed by atoms with van der Waals surface area (Å²) in [5.41, 5.74) is 6.65. The molecule has 2 unspecified atom stereocenters. The number of nitrogens with two attached hydrogens (primary N) is 1. The summed E-state index contributed by atoms with van der Waals surface area (Å²) < 4.78 is 0. The zero-order valence-corrected chi connectivity index (χ0v) is 9.44. The molecule has 16 heavy (non-hydrogen) atoms. The first-order valence-electron chi connectivity index (χ1n) is 5.72. The predicted octanol–water partition coefficient (Wildman–Crippen LogP) is 1.58. The Balaban J connectivity index is 1.92. The van der Waals surface area contributed by atoms with Crippen LogP contribution in [0.2, 0.25) is 0 Å². The molecule has 0 aromatic carbocycles. The van der Waals surface area contributed by atoms with Gasteiger partial charge in [0.1, 0.15) is 0 Å². The molecule has 2 atom stereocenters. The Morgan fingerprint density at radius 1 is 1.69 bits per heavy atom. The minimum Gasteiger partial charge on any atom is -0.397 e. The van der Waals surface area contributed by atoms with E-state index in [1.807, 2.05) is 0 Å². The van der Waals surface area contributed by atoms with Crippen molar-refractivity contribution in [3.05, 3.63) is 24.0 Å². The Morgan fingerprint density at radius 2 is 2.50 bits per heavy atom. The summed E-state index contributed by atoms with van der Waals surface area (Å²) in [4.78, 5) is 15.7. The first kappa shape index (κ1) is 10.9. The molecule has 86 valence electrons. The van der Waals surface area contributed by atoms with E-state index in [0.29, 0.717) is 23.2 Å². The van der Waals surface area contributed by atoms with Crippen molar-refractivity contribution in [3.63, 3.8) is 0 Å². The van der Waals surface area contributed by atoms with Crippen molar-refractivity contribution < 1.29 is 4.79 Å². The van der Waals surface area contributed by atoms with Crippen molar-refractivity contribution in [1.29, 1.82) is 0 Å². The summed E-state index contributed by atoms with van der Waals surface area (Å²) in [5.74, 6) is 0.584. The van der Waals surface area contributed by atoms with Crippen LogP contribution in [0.3, 0.4) is 0 Å². The number of nitrogen functional groups attached to an aromatic ring is 1. The largest absolute Gasteiger partial charge is 0.397 e. The molecule has 1 heterocycles. The summed E-state index contributed by atoms with van der Waals surface area (Å²) in [7, 11) is 0. The Kier molecular flexibility index (Phi) is 3.08. The Hall–Kier alpha value is -1.58. The Morgan fingerprint density at radius 3 is 3.19 bits per heavy atom. The second kappa shape index (κ2) is 4.51. The summed E-state index contributed by atoms with van der Waals surface area (Å²) in [6, 6.07) is 2.00. The van der Waals surface area contributed by atoms with Gasteiger partial charge in [-0.05, 0) is 24.8 Å². The van der Waals surface area contributed by atoms with E-state index in [-0.39, 0.29) is 5.91 Å². The van der Waals surface area contributed by atoms with Crippen LogP contribution < -0.4 is 11.1 Å². The molecule has 2 rings (SSSR count). The molecule has 1 aliphatic rings. The molecule has 0 spiro atoms. The smallest absolute Gasteiger partial charge is 0.253 e. The van der Waals surface area contributed by atoms with Crippen LogP contribution in [0.4, 0.5) is 5.69 Å². The molecular weight excluding hydrogens is 202 g/mol. The number of nitrogens with zero attached hydrogens (tertiary/aromatic N) is 1. The SMILES string of the molecule is CCCC1CC1NC(=O)c1ccncc1N. The zero-order chi connectivity index (χ0) is 11.5. The summed E-state index contributed by atoms with van der Waals surface area (Å²) in [6.45, 7) is 2.16. The molecule has 0 aliphatic heterocycles. The van der Waals surface area contributed by atoms with Crippen LogP contribution in [-0.4, -0.2) is 16.9 Å². The van der Waals surface area contributed by atoms with Gasteiger partial charge in [0.05, 0.1) is 17.4 Å². The maximum Gasteiger partial charge on any atom is 0.253 e. The summed E-state index contributed by atoms with van der Waals surface area (Å²) in [5, 5.41) is 3.00. The molecule has 1 aliphatic carbocycles. The van der Waals surface area contributed by atoms with E-state index in [1.165, 1.54) is 19.0 Å². The van der Waals surface area contributed by atoms with E-state index in [2.05, 4.69) is 17.2 Å². The zero-order valence-electron chi connectivity index (χ0n) is 9.44. The molecule has 4 nitrogen and oxygen atoms in total. The lowest BCUT2D eigenvalue weighted by molar-refractivity contribution is 0.0949. The van der Waals surface area contributed by atoms with E-state index >= 15 is 0 Å². The van der Waals surface area contributed by atoms with Crippen molar-refractivity contribution in [2.45, 2.75) is 32.2 Å². The highest BCUT2D eigenvalue weighted by Gasteiger charge is 2.37. The third-order valence-corrected chi connectivity index (χ3v) is 3.00. The van der Waals surface area contributed by atoms with Gasteiger partial charge in [0, 0.05) is 12.2 Å². The van der Waals surface area contributed by atoms with Gasteiger partial charge in [-0.15, -0.1) is 0 Å². The van der Waals surface area contributed by atoms with Crippen molar-refractivity contribution in [2.75, 3.05) is 5.73 Å². The van der Waals surface area contributed by atoms with Crippen LogP contribution in [0.25, 0.3) is 0 Å². The third-order valence-electron chi connectivity index (χ3n) is 3.00. The third kappa shape index (κ3) is 2.32. The van der Waals surface area contributed by atoms with Crippen molar-refractivity contribution in [1.82, 2.24) is 10.3 Å². The normalized spacial score (nSPS) is 22.8. The fourth-order valence-electron chi connectivity index (χ4n) is 1.97. The minimum absolute atomic E-state index is 0.0801. The molecular formula is C12H17N3O. The van der Waals surface area contributed by atoms with Gasteiger partial charge in [-0.3, -0.25) is 9.78 Å². The highest BCUT2D eigenvalue weighted by atomic mass is 16.1. The number of carbonyl (C=O) groups excluding carboxylic acids is 1. The average Bonchev–Trinajstić information content (AvgIpc) is 2.97. The molecule has 1 aromatic rings. The molecule has 0 radical (unpaired) electrons.